The summed E-state index contributed by atoms with van der Waals surface area (Å²) in [6, 6.07) is 4.97. The predicted octanol–water partition coefficient (Wildman–Crippen LogP) is 3.02. The van der Waals surface area contributed by atoms with E-state index >= 15 is 0 Å². The molecule has 1 aromatic carbocycles. The number of hydrogen-bond donors (Lipinski definition) is 1. The zero-order valence-corrected chi connectivity index (χ0v) is 14.3. The van der Waals surface area contributed by atoms with E-state index in [1.54, 1.807) is 24.1 Å². The Hall–Kier alpha value is -1.30. The molecule has 1 aliphatic rings. The molecule has 0 aromatic heterocycles. The zero-order chi connectivity index (χ0) is 17.0. The second-order valence-corrected chi connectivity index (χ2v) is 6.45. The molecule has 2 rings (SSSR count). The summed E-state index contributed by atoms with van der Waals surface area (Å²) in [5, 5.41) is 9.93. The maximum atomic E-state index is 12.4. The van der Waals surface area contributed by atoms with Crippen molar-refractivity contribution in [1.82, 2.24) is 4.90 Å². The van der Waals surface area contributed by atoms with E-state index in [0.29, 0.717) is 35.9 Å². The molecule has 0 bridgehead atoms. The van der Waals surface area contributed by atoms with Crippen LogP contribution in [0.3, 0.4) is 0 Å². The van der Waals surface area contributed by atoms with Crippen LogP contribution in [0.1, 0.15) is 24.8 Å². The van der Waals surface area contributed by atoms with Gasteiger partial charge in [0.25, 0.3) is 0 Å². The lowest BCUT2D eigenvalue weighted by molar-refractivity contribution is -0.139. The van der Waals surface area contributed by atoms with E-state index in [-0.39, 0.29) is 24.5 Å². The van der Waals surface area contributed by atoms with E-state index in [1.165, 1.54) is 0 Å². The van der Waals surface area contributed by atoms with Crippen molar-refractivity contribution in [1.29, 1.82) is 0 Å². The van der Waals surface area contributed by atoms with Crippen molar-refractivity contribution < 1.29 is 19.4 Å². The number of hydrogen-bond acceptors (Lipinski definition) is 3. The lowest BCUT2D eigenvalue weighted by atomic mass is 10.1. The Kier molecular flexibility index (Phi) is 6.27. The summed E-state index contributed by atoms with van der Waals surface area (Å²) in [5.41, 5.74) is 0.921. The van der Waals surface area contributed by atoms with E-state index < -0.39 is 5.97 Å². The minimum absolute atomic E-state index is 0.0572. The highest BCUT2D eigenvalue weighted by Crippen LogP contribution is 2.25. The lowest BCUT2D eigenvalue weighted by Gasteiger charge is -2.23. The SMILES string of the molecule is COC1CC(CC(=O)O)N(C(=O)CCc2ccc(Cl)c(Cl)c2)C1. The Morgan fingerprint density at radius 3 is 2.70 bits per heavy atom. The number of carbonyl (C=O) groups excluding carboxylic acids is 1. The third-order valence-corrected chi connectivity index (χ3v) is 4.79. The van der Waals surface area contributed by atoms with Crippen LogP contribution >= 0.6 is 23.2 Å². The minimum atomic E-state index is -0.908. The van der Waals surface area contributed by atoms with Gasteiger partial charge < -0.3 is 14.7 Å². The van der Waals surface area contributed by atoms with Gasteiger partial charge in [-0.3, -0.25) is 9.59 Å². The quantitative estimate of drug-likeness (QED) is 0.847. The molecule has 2 atom stereocenters. The van der Waals surface area contributed by atoms with Crippen LogP contribution in [0.15, 0.2) is 18.2 Å². The lowest BCUT2D eigenvalue weighted by Crippen LogP contribution is -2.37. The monoisotopic (exact) mass is 359 g/mol. The number of benzene rings is 1. The number of carboxylic acids is 1. The highest BCUT2D eigenvalue weighted by Gasteiger charge is 2.36. The van der Waals surface area contributed by atoms with Gasteiger partial charge in [-0.1, -0.05) is 29.3 Å². The molecule has 7 heteroatoms. The average molecular weight is 360 g/mol. The highest BCUT2D eigenvalue weighted by molar-refractivity contribution is 6.42. The number of halogens is 2. The molecule has 1 amide bonds. The largest absolute Gasteiger partial charge is 0.481 e. The number of likely N-dealkylation sites (tertiary alicyclic amines) is 1. The fraction of sp³-hybridized carbons (Fsp3) is 0.500. The first-order chi connectivity index (χ1) is 10.9. The number of amides is 1. The van der Waals surface area contributed by atoms with Crippen molar-refractivity contribution in [2.45, 2.75) is 37.8 Å². The summed E-state index contributed by atoms with van der Waals surface area (Å²) in [6.07, 6.45) is 1.22. The summed E-state index contributed by atoms with van der Waals surface area (Å²) in [6.45, 7) is 0.439. The number of carbonyl (C=O) groups is 2. The predicted molar refractivity (Wildman–Crippen MR) is 88.0 cm³/mol. The number of carboxylic acid groups (broad SMARTS) is 1. The summed E-state index contributed by atoms with van der Waals surface area (Å²) in [5.74, 6) is -0.976. The first-order valence-electron chi connectivity index (χ1n) is 7.38. The third-order valence-electron chi connectivity index (χ3n) is 4.05. The Morgan fingerprint density at radius 2 is 2.09 bits per heavy atom. The molecule has 1 aromatic rings. The van der Waals surface area contributed by atoms with Gasteiger partial charge in [0.2, 0.25) is 5.91 Å². The summed E-state index contributed by atoms with van der Waals surface area (Å²) in [7, 11) is 1.58. The maximum Gasteiger partial charge on any atom is 0.305 e. The first kappa shape index (κ1) is 18.0. The van der Waals surface area contributed by atoms with Crippen LogP contribution in [0.2, 0.25) is 10.0 Å². The van der Waals surface area contributed by atoms with Crippen LogP contribution in [-0.2, 0) is 20.7 Å². The fourth-order valence-corrected chi connectivity index (χ4v) is 3.16. The topological polar surface area (TPSA) is 66.8 Å². The zero-order valence-electron chi connectivity index (χ0n) is 12.8. The molecule has 0 radical (unpaired) electrons. The third kappa shape index (κ3) is 4.83. The summed E-state index contributed by atoms with van der Waals surface area (Å²) >= 11 is 11.8. The highest BCUT2D eigenvalue weighted by atomic mass is 35.5. The van der Waals surface area contributed by atoms with E-state index in [1.807, 2.05) is 6.07 Å². The minimum Gasteiger partial charge on any atom is -0.481 e. The second kappa shape index (κ2) is 7.99. The van der Waals surface area contributed by atoms with Gasteiger partial charge in [0.15, 0.2) is 0 Å². The van der Waals surface area contributed by atoms with Gasteiger partial charge in [0.1, 0.15) is 0 Å². The first-order valence-corrected chi connectivity index (χ1v) is 8.14. The van der Waals surface area contributed by atoms with Crippen molar-refractivity contribution in [2.75, 3.05) is 13.7 Å². The molecule has 1 N–H and O–H groups in total. The number of aliphatic carboxylic acids is 1. The Balaban J connectivity index is 1.97. The molecule has 23 heavy (non-hydrogen) atoms. The molecular formula is C16H19Cl2NO4. The molecule has 1 fully saturated rings. The number of aryl methyl sites for hydroxylation is 1. The molecule has 126 valence electrons. The van der Waals surface area contributed by atoms with Gasteiger partial charge in [0.05, 0.1) is 22.6 Å². The Bertz CT molecular complexity index is 593. The summed E-state index contributed by atoms with van der Waals surface area (Å²) in [4.78, 5) is 25.0. The number of rotatable bonds is 6. The number of methoxy groups -OCH3 is 1. The van der Waals surface area contributed by atoms with Gasteiger partial charge in [-0.15, -0.1) is 0 Å². The number of nitrogens with zero attached hydrogens (tertiary/aromatic N) is 1. The van der Waals surface area contributed by atoms with Gasteiger partial charge in [-0.2, -0.15) is 0 Å². The van der Waals surface area contributed by atoms with Crippen molar-refractivity contribution >= 4 is 35.1 Å². The average Bonchev–Trinajstić information content (AvgIpc) is 2.90. The molecule has 1 aliphatic heterocycles. The molecule has 2 unspecified atom stereocenters. The van der Waals surface area contributed by atoms with E-state index in [4.69, 9.17) is 33.0 Å². The van der Waals surface area contributed by atoms with Crippen molar-refractivity contribution in [3.05, 3.63) is 33.8 Å². The van der Waals surface area contributed by atoms with Gasteiger partial charge in [-0.25, -0.2) is 0 Å². The number of ether oxygens (including phenoxy) is 1. The Morgan fingerprint density at radius 1 is 1.35 bits per heavy atom. The van der Waals surface area contributed by atoms with Crippen LogP contribution in [-0.4, -0.2) is 47.7 Å². The molecular weight excluding hydrogens is 341 g/mol. The van der Waals surface area contributed by atoms with Gasteiger partial charge in [0, 0.05) is 26.1 Å². The fourth-order valence-electron chi connectivity index (χ4n) is 2.84. The van der Waals surface area contributed by atoms with Crippen molar-refractivity contribution in [3.63, 3.8) is 0 Å². The smallest absolute Gasteiger partial charge is 0.305 e. The van der Waals surface area contributed by atoms with Crippen LogP contribution in [0.4, 0.5) is 0 Å². The van der Waals surface area contributed by atoms with E-state index in [2.05, 4.69) is 0 Å². The van der Waals surface area contributed by atoms with Crippen LogP contribution in [0.25, 0.3) is 0 Å². The molecule has 0 saturated carbocycles. The van der Waals surface area contributed by atoms with E-state index in [9.17, 15) is 9.59 Å². The standard InChI is InChI=1S/C16H19Cl2NO4/c1-23-12-7-11(8-16(21)22)19(9-12)15(20)5-3-10-2-4-13(17)14(18)6-10/h2,4,6,11-12H,3,5,7-9H2,1H3,(H,21,22). The molecule has 0 aliphatic carbocycles. The molecule has 1 heterocycles. The van der Waals surface area contributed by atoms with Gasteiger partial charge in [-0.05, 0) is 30.5 Å². The van der Waals surface area contributed by atoms with Crippen LogP contribution < -0.4 is 0 Å². The van der Waals surface area contributed by atoms with Crippen molar-refractivity contribution in [3.8, 4) is 0 Å². The van der Waals surface area contributed by atoms with Gasteiger partial charge >= 0.3 is 5.97 Å². The summed E-state index contributed by atoms with van der Waals surface area (Å²) < 4.78 is 5.28. The normalized spacial score (nSPS) is 20.7. The molecule has 5 nitrogen and oxygen atoms in total. The van der Waals surface area contributed by atoms with Crippen LogP contribution in [0.5, 0.6) is 0 Å². The molecule has 1 saturated heterocycles. The van der Waals surface area contributed by atoms with Crippen LogP contribution in [0, 0.1) is 0 Å². The van der Waals surface area contributed by atoms with Crippen molar-refractivity contribution in [2.24, 2.45) is 0 Å². The second-order valence-electron chi connectivity index (χ2n) is 5.64. The van der Waals surface area contributed by atoms with E-state index in [0.717, 1.165) is 5.56 Å². The molecule has 0 spiro atoms. The maximum absolute atomic E-state index is 12.4. The Labute approximate surface area is 145 Å².